The molecule has 5 rings (SSSR count). The Morgan fingerprint density at radius 1 is 0.947 bits per heavy atom. The molecule has 0 radical (unpaired) electrons. The third-order valence-electron chi connectivity index (χ3n) is 7.58. The van der Waals surface area contributed by atoms with Crippen molar-refractivity contribution in [2.75, 3.05) is 0 Å². The molecule has 2 heterocycles. The van der Waals surface area contributed by atoms with Crippen molar-refractivity contribution in [1.29, 1.82) is 0 Å². The number of nitrogens with zero attached hydrogens (tertiary/aromatic N) is 2. The zero-order valence-electron chi connectivity index (χ0n) is 21.7. The summed E-state index contributed by atoms with van der Waals surface area (Å²) in [5.41, 5.74) is 4.13. The summed E-state index contributed by atoms with van der Waals surface area (Å²) in [6.45, 7) is 4.90. The molecular formula is C32H31ClN2O3. The number of carboxylic acids is 1. The van der Waals surface area contributed by atoms with E-state index in [1.54, 1.807) is 0 Å². The van der Waals surface area contributed by atoms with Gasteiger partial charge in [-0.15, -0.1) is 0 Å². The van der Waals surface area contributed by atoms with Crippen molar-refractivity contribution in [1.82, 2.24) is 9.55 Å². The van der Waals surface area contributed by atoms with E-state index >= 15 is 0 Å². The summed E-state index contributed by atoms with van der Waals surface area (Å²) in [4.78, 5) is 17.0. The summed E-state index contributed by atoms with van der Waals surface area (Å²) in [5, 5.41) is 12.9. The van der Waals surface area contributed by atoms with Crippen molar-refractivity contribution >= 4 is 39.4 Å². The third kappa shape index (κ3) is 5.25. The number of para-hydroxylation sites is 1. The summed E-state index contributed by atoms with van der Waals surface area (Å²) in [7, 11) is 0. The quantitative estimate of drug-likeness (QED) is 0.201. The van der Waals surface area contributed by atoms with Crippen molar-refractivity contribution in [3.8, 4) is 5.75 Å². The van der Waals surface area contributed by atoms with Crippen LogP contribution in [0.2, 0.25) is 5.02 Å². The Hall–Kier alpha value is -3.83. The van der Waals surface area contributed by atoms with Crippen molar-refractivity contribution in [2.45, 2.75) is 46.3 Å². The predicted molar refractivity (Wildman–Crippen MR) is 153 cm³/mol. The Kier molecular flexibility index (Phi) is 7.39. The molecule has 0 bridgehead atoms. The van der Waals surface area contributed by atoms with Crippen LogP contribution in [0.5, 0.6) is 5.75 Å². The molecule has 0 aliphatic heterocycles. The van der Waals surface area contributed by atoms with E-state index in [2.05, 4.69) is 22.8 Å². The number of fused-ring (bicyclic) bond motifs is 2. The summed E-state index contributed by atoms with van der Waals surface area (Å²) in [5.74, 6) is -0.00385. The van der Waals surface area contributed by atoms with E-state index in [1.807, 2.05) is 80.6 Å². The highest BCUT2D eigenvalue weighted by atomic mass is 35.5. The molecule has 38 heavy (non-hydrogen) atoms. The van der Waals surface area contributed by atoms with E-state index in [-0.39, 0.29) is 0 Å². The molecule has 3 aromatic carbocycles. The summed E-state index contributed by atoms with van der Waals surface area (Å²) in [6.07, 6.45) is 1.58. The number of rotatable bonds is 10. The lowest BCUT2D eigenvalue weighted by Gasteiger charge is -2.27. The minimum absolute atomic E-state index is 0.364. The minimum atomic E-state index is -0.812. The Labute approximate surface area is 227 Å². The Morgan fingerprint density at radius 3 is 2.45 bits per heavy atom. The standard InChI is InChI=1S/C32H31ClN2O3/c1-3-32(4-2,31(36)37)19-27-17-24-18-28(38-21-26-14-11-23-7-5-6-8-29(23)34-26)15-16-30(24)35(27)20-22-9-12-25(33)13-10-22/h5-18H,3-4,19-21H2,1-2H3,(H,36,37). The van der Waals surface area contributed by atoms with Crippen LogP contribution in [0.25, 0.3) is 21.8 Å². The van der Waals surface area contributed by atoms with Crippen molar-refractivity contribution in [3.63, 3.8) is 0 Å². The van der Waals surface area contributed by atoms with Crippen molar-refractivity contribution in [2.24, 2.45) is 5.41 Å². The van der Waals surface area contributed by atoms with Crippen molar-refractivity contribution in [3.05, 3.63) is 107 Å². The molecule has 2 aromatic heterocycles. The first kappa shape index (κ1) is 25.8. The van der Waals surface area contributed by atoms with Crippen molar-refractivity contribution < 1.29 is 14.6 Å². The first-order valence-corrected chi connectivity index (χ1v) is 13.4. The summed E-state index contributed by atoms with van der Waals surface area (Å²) < 4.78 is 8.35. The number of ether oxygens (including phenoxy) is 1. The molecule has 0 saturated heterocycles. The Morgan fingerprint density at radius 2 is 1.71 bits per heavy atom. The molecule has 0 aliphatic rings. The molecule has 6 heteroatoms. The van der Waals surface area contributed by atoms with Crippen LogP contribution in [0.15, 0.2) is 84.9 Å². The molecule has 194 valence electrons. The maximum absolute atomic E-state index is 12.3. The van der Waals surface area contributed by atoms with E-state index in [1.165, 1.54) is 0 Å². The van der Waals surface area contributed by atoms with Gasteiger partial charge >= 0.3 is 5.97 Å². The number of hydrogen-bond acceptors (Lipinski definition) is 3. The molecule has 0 saturated carbocycles. The number of aromatic nitrogens is 2. The normalized spacial score (nSPS) is 11.8. The second kappa shape index (κ2) is 10.9. The number of benzene rings is 3. The lowest BCUT2D eigenvalue weighted by atomic mass is 9.78. The first-order valence-electron chi connectivity index (χ1n) is 13.0. The van der Waals surface area contributed by atoms with Gasteiger partial charge in [0.1, 0.15) is 12.4 Å². The molecule has 1 N–H and O–H groups in total. The van der Waals surface area contributed by atoms with Gasteiger partial charge in [-0.25, -0.2) is 4.98 Å². The highest BCUT2D eigenvalue weighted by Crippen LogP contribution is 2.35. The smallest absolute Gasteiger partial charge is 0.310 e. The number of carboxylic acid groups (broad SMARTS) is 1. The number of hydrogen-bond donors (Lipinski definition) is 1. The topological polar surface area (TPSA) is 64.4 Å². The van der Waals surface area contributed by atoms with Gasteiger partial charge in [0, 0.05) is 40.0 Å². The predicted octanol–water partition coefficient (Wildman–Crippen LogP) is 7.90. The van der Waals surface area contributed by atoms with Gasteiger partial charge in [-0.2, -0.15) is 0 Å². The van der Waals surface area contributed by atoms with E-state index in [0.717, 1.165) is 44.5 Å². The molecule has 0 unspecified atom stereocenters. The van der Waals surface area contributed by atoms with Crippen LogP contribution in [0.1, 0.15) is 43.6 Å². The second-order valence-corrected chi connectivity index (χ2v) is 10.3. The number of halogens is 1. The zero-order valence-corrected chi connectivity index (χ0v) is 22.4. The molecular weight excluding hydrogens is 496 g/mol. The van der Waals surface area contributed by atoms with Crippen LogP contribution in [0.3, 0.4) is 0 Å². The molecule has 5 nitrogen and oxygen atoms in total. The maximum atomic E-state index is 12.3. The van der Waals surface area contributed by atoms with E-state index < -0.39 is 11.4 Å². The van der Waals surface area contributed by atoms with Crippen LogP contribution < -0.4 is 4.74 Å². The van der Waals surface area contributed by atoms with Crippen LogP contribution in [0, 0.1) is 5.41 Å². The molecule has 0 amide bonds. The van der Waals surface area contributed by atoms with Gasteiger partial charge in [0.15, 0.2) is 0 Å². The summed E-state index contributed by atoms with van der Waals surface area (Å²) >= 11 is 6.11. The minimum Gasteiger partial charge on any atom is -0.487 e. The number of carbonyl (C=O) groups is 1. The van der Waals surface area contributed by atoms with E-state index in [4.69, 9.17) is 21.3 Å². The lowest BCUT2D eigenvalue weighted by molar-refractivity contribution is -0.149. The van der Waals surface area contributed by atoms with Gasteiger partial charge in [0.2, 0.25) is 0 Å². The molecule has 5 aromatic rings. The second-order valence-electron chi connectivity index (χ2n) is 9.82. The fraction of sp³-hybridized carbons (Fsp3) is 0.250. The molecule has 0 aliphatic carbocycles. The van der Waals surface area contributed by atoms with Gasteiger partial charge in [-0.1, -0.05) is 61.8 Å². The fourth-order valence-corrected chi connectivity index (χ4v) is 5.20. The average Bonchev–Trinajstić information content (AvgIpc) is 3.27. The van der Waals surface area contributed by atoms with Gasteiger partial charge in [-0.05, 0) is 66.9 Å². The lowest BCUT2D eigenvalue weighted by Crippen LogP contribution is -2.33. The maximum Gasteiger partial charge on any atom is 0.310 e. The molecule has 0 atom stereocenters. The first-order chi connectivity index (χ1) is 18.4. The van der Waals surface area contributed by atoms with Gasteiger partial charge < -0.3 is 14.4 Å². The third-order valence-corrected chi connectivity index (χ3v) is 7.83. The number of pyridine rings is 1. The SMILES string of the molecule is CCC(CC)(Cc1cc2cc(OCc3ccc4ccccc4n3)ccc2n1Cc1ccc(Cl)cc1)C(=O)O. The Bertz CT molecular complexity index is 1590. The largest absolute Gasteiger partial charge is 0.487 e. The van der Waals surface area contributed by atoms with Crippen LogP contribution >= 0.6 is 11.6 Å². The fourth-order valence-electron chi connectivity index (χ4n) is 5.07. The Balaban J connectivity index is 1.47. The average molecular weight is 527 g/mol. The zero-order chi connectivity index (χ0) is 26.7. The highest BCUT2D eigenvalue weighted by Gasteiger charge is 2.36. The van der Waals surface area contributed by atoms with Gasteiger partial charge in [0.25, 0.3) is 0 Å². The molecule has 0 spiro atoms. The monoisotopic (exact) mass is 526 g/mol. The summed E-state index contributed by atoms with van der Waals surface area (Å²) in [6, 6.07) is 28.0. The van der Waals surface area contributed by atoms with Crippen LogP contribution in [-0.2, 0) is 24.4 Å². The van der Waals surface area contributed by atoms with Crippen LogP contribution in [-0.4, -0.2) is 20.6 Å². The van der Waals surface area contributed by atoms with E-state index in [0.29, 0.717) is 37.4 Å². The van der Waals surface area contributed by atoms with E-state index in [9.17, 15) is 9.90 Å². The number of aliphatic carboxylic acids is 1. The molecule has 0 fully saturated rings. The highest BCUT2D eigenvalue weighted by molar-refractivity contribution is 6.30. The van der Waals surface area contributed by atoms with Gasteiger partial charge in [0.05, 0.1) is 16.6 Å². The van der Waals surface area contributed by atoms with Crippen LogP contribution in [0.4, 0.5) is 0 Å². The van der Waals surface area contributed by atoms with Gasteiger partial charge in [-0.3, -0.25) is 4.79 Å².